The molecule has 0 aromatic carbocycles. The second-order valence-corrected chi connectivity index (χ2v) is 4.82. The molecule has 0 spiro atoms. The Morgan fingerprint density at radius 3 is 2.90 bits per heavy atom. The van der Waals surface area contributed by atoms with Crippen molar-refractivity contribution in [3.05, 3.63) is 21.9 Å². The molecule has 0 saturated heterocycles. The molecule has 1 amide bonds. The Morgan fingerprint density at radius 1 is 1.50 bits per heavy atom. The van der Waals surface area contributed by atoms with Gasteiger partial charge < -0.3 is 14.7 Å². The number of esters is 1. The van der Waals surface area contributed by atoms with E-state index >= 15 is 0 Å². The van der Waals surface area contributed by atoms with Crippen molar-refractivity contribution in [1.29, 1.82) is 0 Å². The maximum atomic E-state index is 12.2. The summed E-state index contributed by atoms with van der Waals surface area (Å²) in [5.41, 5.74) is 0.615. The Morgan fingerprint density at radius 2 is 2.25 bits per heavy atom. The zero-order valence-corrected chi connectivity index (χ0v) is 12.3. The number of amides is 1. The van der Waals surface area contributed by atoms with Crippen LogP contribution in [0.2, 0.25) is 0 Å². The van der Waals surface area contributed by atoms with E-state index in [1.165, 1.54) is 16.2 Å². The number of ether oxygens (including phenoxy) is 1. The van der Waals surface area contributed by atoms with Gasteiger partial charge in [-0.3, -0.25) is 9.59 Å². The lowest BCUT2D eigenvalue weighted by Crippen LogP contribution is -2.32. The number of hydrogen-bond donors (Lipinski definition) is 1. The second kappa shape index (κ2) is 8.35. The fourth-order valence-corrected chi connectivity index (χ4v) is 2.28. The molecule has 0 atom stereocenters. The van der Waals surface area contributed by atoms with Crippen molar-refractivity contribution in [2.75, 3.05) is 26.8 Å². The van der Waals surface area contributed by atoms with E-state index in [2.05, 4.69) is 11.8 Å². The van der Waals surface area contributed by atoms with Gasteiger partial charge in [0.2, 0.25) is 0 Å². The monoisotopic (exact) mass is 295 g/mol. The fraction of sp³-hybridized carbons (Fsp3) is 0.429. The zero-order chi connectivity index (χ0) is 15.0. The van der Waals surface area contributed by atoms with E-state index in [1.54, 1.807) is 25.4 Å². The summed E-state index contributed by atoms with van der Waals surface area (Å²) in [5, 5.41) is 10.5. The Labute approximate surface area is 122 Å². The van der Waals surface area contributed by atoms with Crippen molar-refractivity contribution in [1.82, 2.24) is 4.90 Å². The Balaban J connectivity index is 2.75. The number of aliphatic hydroxyl groups excluding tert-OH is 1. The first kappa shape index (κ1) is 16.2. The van der Waals surface area contributed by atoms with Crippen LogP contribution in [0.1, 0.15) is 28.6 Å². The molecule has 1 aromatic rings. The molecule has 0 aliphatic heterocycles. The van der Waals surface area contributed by atoms with Gasteiger partial charge >= 0.3 is 5.97 Å². The van der Waals surface area contributed by atoms with Crippen LogP contribution in [0.5, 0.6) is 0 Å². The molecule has 108 valence electrons. The molecule has 6 heteroatoms. The van der Waals surface area contributed by atoms with Crippen molar-refractivity contribution < 1.29 is 19.4 Å². The summed E-state index contributed by atoms with van der Waals surface area (Å²) in [7, 11) is 1.55. The topological polar surface area (TPSA) is 66.8 Å². The first-order valence-corrected chi connectivity index (χ1v) is 7.06. The van der Waals surface area contributed by atoms with Crippen LogP contribution in [0.4, 0.5) is 0 Å². The fourth-order valence-electron chi connectivity index (χ4n) is 1.43. The van der Waals surface area contributed by atoms with Gasteiger partial charge in [0.25, 0.3) is 5.91 Å². The highest BCUT2D eigenvalue weighted by Crippen LogP contribution is 2.17. The summed E-state index contributed by atoms with van der Waals surface area (Å²) in [5.74, 6) is 4.92. The normalized spacial score (nSPS) is 9.55. The van der Waals surface area contributed by atoms with E-state index in [0.717, 1.165) is 0 Å². The minimum atomic E-state index is -0.437. The molecule has 1 heterocycles. The van der Waals surface area contributed by atoms with Crippen LogP contribution in [0.25, 0.3) is 0 Å². The molecular weight excluding hydrogens is 278 g/mol. The van der Waals surface area contributed by atoms with Gasteiger partial charge in [0.15, 0.2) is 0 Å². The van der Waals surface area contributed by atoms with Crippen LogP contribution in [0.15, 0.2) is 11.4 Å². The predicted molar refractivity (Wildman–Crippen MR) is 76.5 cm³/mol. The van der Waals surface area contributed by atoms with Crippen LogP contribution in [-0.2, 0) is 9.53 Å². The summed E-state index contributed by atoms with van der Waals surface area (Å²) in [6.07, 6.45) is 0.363. The van der Waals surface area contributed by atoms with Gasteiger partial charge in [0.05, 0.1) is 13.2 Å². The van der Waals surface area contributed by atoms with E-state index in [4.69, 9.17) is 9.84 Å². The van der Waals surface area contributed by atoms with E-state index in [-0.39, 0.29) is 25.7 Å². The Kier molecular flexibility index (Phi) is 6.77. The molecule has 1 rings (SSSR count). The third kappa shape index (κ3) is 4.68. The molecule has 0 aliphatic carbocycles. The maximum Gasteiger partial charge on any atom is 0.325 e. The van der Waals surface area contributed by atoms with Gasteiger partial charge in [-0.05, 0) is 18.4 Å². The lowest BCUT2D eigenvalue weighted by Gasteiger charge is -2.15. The highest BCUT2D eigenvalue weighted by Gasteiger charge is 2.19. The minimum absolute atomic E-state index is 0.0107. The third-order valence-electron chi connectivity index (χ3n) is 2.34. The van der Waals surface area contributed by atoms with Crippen LogP contribution < -0.4 is 0 Å². The van der Waals surface area contributed by atoms with Crippen LogP contribution in [0, 0.1) is 11.8 Å². The number of carbonyl (C=O) groups excluding carboxylic acids is 2. The highest BCUT2D eigenvalue weighted by molar-refractivity contribution is 7.12. The lowest BCUT2D eigenvalue weighted by atomic mass is 10.2. The lowest BCUT2D eigenvalue weighted by molar-refractivity contribution is -0.143. The van der Waals surface area contributed by atoms with Gasteiger partial charge in [-0.1, -0.05) is 11.8 Å². The number of thiophene rings is 1. The molecule has 0 bridgehead atoms. The summed E-state index contributed by atoms with van der Waals surface area (Å²) in [6, 6.07) is 1.75. The summed E-state index contributed by atoms with van der Waals surface area (Å²) < 4.78 is 4.80. The number of carbonyl (C=O) groups is 2. The number of aliphatic hydroxyl groups is 1. The van der Waals surface area contributed by atoms with E-state index in [0.29, 0.717) is 16.9 Å². The van der Waals surface area contributed by atoms with Gasteiger partial charge in [-0.15, -0.1) is 11.3 Å². The molecule has 0 saturated carbocycles. The first-order chi connectivity index (χ1) is 9.60. The third-order valence-corrected chi connectivity index (χ3v) is 3.24. The van der Waals surface area contributed by atoms with E-state index in [9.17, 15) is 9.59 Å². The van der Waals surface area contributed by atoms with Gasteiger partial charge in [0, 0.05) is 19.0 Å². The van der Waals surface area contributed by atoms with Crippen LogP contribution in [0.3, 0.4) is 0 Å². The second-order valence-electron chi connectivity index (χ2n) is 3.91. The van der Waals surface area contributed by atoms with Gasteiger partial charge in [-0.2, -0.15) is 0 Å². The quantitative estimate of drug-likeness (QED) is 0.653. The predicted octanol–water partition coefficient (Wildman–Crippen LogP) is 1.12. The van der Waals surface area contributed by atoms with Gasteiger partial charge in [0.1, 0.15) is 11.4 Å². The zero-order valence-electron chi connectivity index (χ0n) is 11.5. The molecule has 0 radical (unpaired) electrons. The number of hydrogen-bond acceptors (Lipinski definition) is 5. The van der Waals surface area contributed by atoms with Gasteiger partial charge in [-0.25, -0.2) is 0 Å². The Bertz CT molecular complexity index is 527. The summed E-state index contributed by atoms with van der Waals surface area (Å²) in [4.78, 5) is 25.4. The average molecular weight is 295 g/mol. The molecule has 1 aromatic heterocycles. The molecule has 5 nitrogen and oxygen atoms in total. The van der Waals surface area contributed by atoms with Crippen molar-refractivity contribution in [2.24, 2.45) is 0 Å². The number of likely N-dealkylation sites (N-methyl/N-ethyl adjacent to an activating group) is 1. The maximum absolute atomic E-state index is 12.2. The number of nitrogens with zero attached hydrogens (tertiary/aromatic N) is 1. The van der Waals surface area contributed by atoms with Crippen LogP contribution in [-0.4, -0.2) is 48.7 Å². The molecule has 0 fully saturated rings. The van der Waals surface area contributed by atoms with Crippen LogP contribution >= 0.6 is 11.3 Å². The molecular formula is C14H17NO4S. The molecule has 20 heavy (non-hydrogen) atoms. The molecule has 0 aliphatic rings. The molecule has 1 N–H and O–H groups in total. The number of rotatable bonds is 5. The van der Waals surface area contributed by atoms with E-state index in [1.807, 2.05) is 0 Å². The average Bonchev–Trinajstić information content (AvgIpc) is 2.86. The highest BCUT2D eigenvalue weighted by atomic mass is 32.1. The largest absolute Gasteiger partial charge is 0.465 e. The van der Waals surface area contributed by atoms with E-state index < -0.39 is 5.97 Å². The summed E-state index contributed by atoms with van der Waals surface area (Å²) in [6.45, 7) is 1.91. The van der Waals surface area contributed by atoms with Crippen molar-refractivity contribution in [2.45, 2.75) is 13.3 Å². The minimum Gasteiger partial charge on any atom is -0.465 e. The van der Waals surface area contributed by atoms with Crippen molar-refractivity contribution in [3.8, 4) is 11.8 Å². The summed E-state index contributed by atoms with van der Waals surface area (Å²) >= 11 is 1.28. The molecule has 0 unspecified atom stereocenters. The van der Waals surface area contributed by atoms with Crippen molar-refractivity contribution in [3.63, 3.8) is 0 Å². The SMILES string of the molecule is CCOC(=O)CN(C)C(=O)c1sccc1C#CCCO. The van der Waals surface area contributed by atoms with Crippen molar-refractivity contribution >= 4 is 23.2 Å². The standard InChI is InChI=1S/C14H17NO4S/c1-3-19-12(17)10-15(2)14(18)13-11(7-9-20-13)6-4-5-8-16/h7,9,16H,3,5,8,10H2,1-2H3. The first-order valence-electron chi connectivity index (χ1n) is 6.18. The Hall–Kier alpha value is -1.84. The smallest absolute Gasteiger partial charge is 0.325 e.